The van der Waals surface area contributed by atoms with E-state index >= 15 is 0 Å². The Balaban J connectivity index is 1.74. The Labute approximate surface area is 119 Å². The van der Waals surface area contributed by atoms with Crippen molar-refractivity contribution in [3.8, 4) is 11.6 Å². The van der Waals surface area contributed by atoms with Gasteiger partial charge in [-0.05, 0) is 24.3 Å². The topological polar surface area (TPSA) is 104 Å². The number of nitrogens with two attached hydrogens (primary N) is 1. The molecule has 2 N–H and O–H groups in total. The summed E-state index contributed by atoms with van der Waals surface area (Å²) in [6.07, 6.45) is 2.09. The monoisotopic (exact) mass is 297 g/mol. The molecule has 20 heavy (non-hydrogen) atoms. The largest absolute Gasteiger partial charge is 0.468 e. The van der Waals surface area contributed by atoms with Gasteiger partial charge in [-0.25, -0.2) is 0 Å². The molecule has 0 amide bonds. The molecule has 0 aliphatic rings. The van der Waals surface area contributed by atoms with Crippen LogP contribution in [0.2, 0.25) is 0 Å². The molecule has 108 valence electrons. The van der Waals surface area contributed by atoms with Gasteiger partial charge in [0.25, 0.3) is 0 Å². The van der Waals surface area contributed by atoms with Crippen LogP contribution in [-0.2, 0) is 15.3 Å². The molecule has 1 atom stereocenters. The molecule has 0 bridgehead atoms. The fourth-order valence-corrected chi connectivity index (χ4v) is 2.32. The third-order valence-corrected chi connectivity index (χ3v) is 3.49. The Kier molecular flexibility index (Phi) is 5.19. The van der Waals surface area contributed by atoms with Gasteiger partial charge in [-0.1, -0.05) is 5.16 Å². The van der Waals surface area contributed by atoms with Crippen LogP contribution in [0.15, 0.2) is 27.3 Å². The maximum Gasteiger partial charge on any atom is 0.322 e. The molecule has 0 aromatic carbocycles. The highest BCUT2D eigenvalue weighted by molar-refractivity contribution is 7.98. The van der Waals surface area contributed by atoms with Gasteiger partial charge < -0.3 is 19.4 Å². The van der Waals surface area contributed by atoms with E-state index in [0.717, 1.165) is 0 Å². The number of esters is 1. The second kappa shape index (κ2) is 7.11. The van der Waals surface area contributed by atoms with E-state index in [9.17, 15) is 4.79 Å². The average molecular weight is 297 g/mol. The van der Waals surface area contributed by atoms with Gasteiger partial charge in [0.2, 0.25) is 11.7 Å². The maximum atomic E-state index is 11.1. The number of furan rings is 1. The predicted octanol–water partition coefficient (Wildman–Crippen LogP) is 1.45. The predicted molar refractivity (Wildman–Crippen MR) is 72.8 cm³/mol. The second-order valence-electron chi connectivity index (χ2n) is 3.96. The third-order valence-electron chi connectivity index (χ3n) is 2.51. The number of carbonyl (C=O) groups excluding carboxylic acids is 1. The number of thioether (sulfide) groups is 1. The first-order valence-electron chi connectivity index (χ1n) is 5.98. The lowest BCUT2D eigenvalue weighted by molar-refractivity contribution is -0.142. The summed E-state index contributed by atoms with van der Waals surface area (Å²) >= 11 is 1.56. The van der Waals surface area contributed by atoms with Crippen molar-refractivity contribution in [2.75, 3.05) is 12.9 Å². The highest BCUT2D eigenvalue weighted by Crippen LogP contribution is 2.18. The van der Waals surface area contributed by atoms with Gasteiger partial charge in [0, 0.05) is 0 Å². The van der Waals surface area contributed by atoms with Crippen LogP contribution < -0.4 is 5.73 Å². The van der Waals surface area contributed by atoms with Crippen LogP contribution in [0, 0.1) is 0 Å². The summed E-state index contributed by atoms with van der Waals surface area (Å²) < 4.78 is 14.8. The van der Waals surface area contributed by atoms with Crippen molar-refractivity contribution in [2.24, 2.45) is 5.73 Å². The van der Waals surface area contributed by atoms with Crippen molar-refractivity contribution in [3.05, 3.63) is 24.3 Å². The first-order chi connectivity index (χ1) is 9.70. The lowest BCUT2D eigenvalue weighted by atomic mass is 10.2. The number of methoxy groups -OCH3 is 1. The van der Waals surface area contributed by atoms with E-state index in [2.05, 4.69) is 14.9 Å². The average Bonchev–Trinajstić information content (AvgIpc) is 3.12. The van der Waals surface area contributed by atoms with Crippen LogP contribution in [0.5, 0.6) is 0 Å². The van der Waals surface area contributed by atoms with E-state index in [1.807, 2.05) is 0 Å². The summed E-state index contributed by atoms with van der Waals surface area (Å²) in [4.78, 5) is 15.3. The third kappa shape index (κ3) is 3.84. The van der Waals surface area contributed by atoms with Gasteiger partial charge in [0.05, 0.1) is 19.1 Å². The van der Waals surface area contributed by atoms with Crippen molar-refractivity contribution in [1.82, 2.24) is 10.1 Å². The van der Waals surface area contributed by atoms with Gasteiger partial charge >= 0.3 is 5.97 Å². The number of ether oxygens (including phenoxy) is 1. The summed E-state index contributed by atoms with van der Waals surface area (Å²) in [5.41, 5.74) is 5.62. The van der Waals surface area contributed by atoms with Crippen LogP contribution in [0.3, 0.4) is 0 Å². The molecule has 2 aromatic heterocycles. The molecule has 7 nitrogen and oxygen atoms in total. The van der Waals surface area contributed by atoms with E-state index in [0.29, 0.717) is 35.4 Å². The SMILES string of the molecule is COC(=O)C(N)CCSCc1nc(-c2ccco2)no1. The number of carbonyl (C=O) groups is 1. The summed E-state index contributed by atoms with van der Waals surface area (Å²) in [6, 6.07) is 2.93. The van der Waals surface area contributed by atoms with Crippen LogP contribution >= 0.6 is 11.8 Å². The molecule has 0 aliphatic heterocycles. The number of hydrogen-bond donors (Lipinski definition) is 1. The molecule has 2 rings (SSSR count). The Hall–Kier alpha value is -1.80. The molecule has 0 fully saturated rings. The van der Waals surface area contributed by atoms with Crippen molar-refractivity contribution in [3.63, 3.8) is 0 Å². The molecule has 1 unspecified atom stereocenters. The molecule has 0 spiro atoms. The lowest BCUT2D eigenvalue weighted by Crippen LogP contribution is -2.31. The summed E-state index contributed by atoms with van der Waals surface area (Å²) in [7, 11) is 1.32. The standard InChI is InChI=1S/C12H15N3O4S/c1-17-12(16)8(13)4-6-20-7-10-14-11(15-19-10)9-3-2-5-18-9/h2-3,5,8H,4,6-7,13H2,1H3. The molecule has 0 radical (unpaired) electrons. The van der Waals surface area contributed by atoms with Gasteiger partial charge in [0.1, 0.15) is 6.04 Å². The van der Waals surface area contributed by atoms with Gasteiger partial charge in [0.15, 0.2) is 5.76 Å². The molecular weight excluding hydrogens is 282 g/mol. The minimum Gasteiger partial charge on any atom is -0.468 e. The van der Waals surface area contributed by atoms with Gasteiger partial charge in [-0.15, -0.1) is 0 Å². The number of hydrogen-bond acceptors (Lipinski definition) is 8. The van der Waals surface area contributed by atoms with Gasteiger partial charge in [-0.2, -0.15) is 16.7 Å². The highest BCUT2D eigenvalue weighted by atomic mass is 32.2. The number of rotatable bonds is 7. The zero-order chi connectivity index (χ0) is 14.4. The van der Waals surface area contributed by atoms with Crippen LogP contribution in [0.1, 0.15) is 12.3 Å². The Bertz CT molecular complexity index is 541. The van der Waals surface area contributed by atoms with E-state index in [-0.39, 0.29) is 0 Å². The summed E-state index contributed by atoms with van der Waals surface area (Å²) in [5.74, 6) is 2.36. The Morgan fingerprint density at radius 3 is 3.15 bits per heavy atom. The minimum absolute atomic E-state index is 0.400. The van der Waals surface area contributed by atoms with Crippen molar-refractivity contribution in [2.45, 2.75) is 18.2 Å². The first-order valence-corrected chi connectivity index (χ1v) is 7.14. The summed E-state index contributed by atoms with van der Waals surface area (Å²) in [6.45, 7) is 0. The van der Waals surface area contributed by atoms with Crippen molar-refractivity contribution < 1.29 is 18.5 Å². The smallest absolute Gasteiger partial charge is 0.322 e. The number of aromatic nitrogens is 2. The zero-order valence-corrected chi connectivity index (χ0v) is 11.8. The zero-order valence-electron chi connectivity index (χ0n) is 10.9. The molecule has 0 saturated carbocycles. The quantitative estimate of drug-likeness (QED) is 0.605. The van der Waals surface area contributed by atoms with Crippen molar-refractivity contribution >= 4 is 17.7 Å². The van der Waals surface area contributed by atoms with E-state index < -0.39 is 12.0 Å². The first kappa shape index (κ1) is 14.6. The second-order valence-corrected chi connectivity index (χ2v) is 5.07. The minimum atomic E-state index is -0.589. The Morgan fingerprint density at radius 2 is 2.45 bits per heavy atom. The van der Waals surface area contributed by atoms with Crippen molar-refractivity contribution in [1.29, 1.82) is 0 Å². The maximum absolute atomic E-state index is 11.1. The molecule has 0 saturated heterocycles. The number of nitrogens with zero attached hydrogens (tertiary/aromatic N) is 2. The van der Waals surface area contributed by atoms with E-state index in [1.54, 1.807) is 30.2 Å². The fraction of sp³-hybridized carbons (Fsp3) is 0.417. The molecule has 0 aliphatic carbocycles. The van der Waals surface area contributed by atoms with E-state index in [1.165, 1.54) is 7.11 Å². The Morgan fingerprint density at radius 1 is 1.60 bits per heavy atom. The lowest BCUT2D eigenvalue weighted by Gasteiger charge is -2.07. The van der Waals surface area contributed by atoms with Crippen LogP contribution in [-0.4, -0.2) is 35.0 Å². The van der Waals surface area contributed by atoms with Gasteiger partial charge in [-0.3, -0.25) is 4.79 Å². The molecule has 8 heteroatoms. The highest BCUT2D eigenvalue weighted by Gasteiger charge is 2.14. The normalized spacial score (nSPS) is 12.3. The summed E-state index contributed by atoms with van der Waals surface area (Å²) in [5, 5.41) is 3.82. The molecule has 2 heterocycles. The molecule has 2 aromatic rings. The van der Waals surface area contributed by atoms with Crippen LogP contribution in [0.4, 0.5) is 0 Å². The van der Waals surface area contributed by atoms with E-state index in [4.69, 9.17) is 14.7 Å². The molecular formula is C12H15N3O4S. The van der Waals surface area contributed by atoms with Crippen LogP contribution in [0.25, 0.3) is 11.6 Å². The fourth-order valence-electron chi connectivity index (χ4n) is 1.46.